The molecule has 140 valence electrons. The predicted octanol–water partition coefficient (Wildman–Crippen LogP) is 3.70. The van der Waals surface area contributed by atoms with E-state index in [1.165, 1.54) is 0 Å². The first-order chi connectivity index (χ1) is 13.2. The van der Waals surface area contributed by atoms with Crippen molar-refractivity contribution in [1.82, 2.24) is 14.9 Å². The lowest BCUT2D eigenvalue weighted by atomic mass is 10.2. The first-order valence-electron chi connectivity index (χ1n) is 9.21. The molecule has 3 aromatic rings. The number of likely N-dealkylation sites (tertiary alicyclic amines) is 1. The van der Waals surface area contributed by atoms with Crippen LogP contribution in [0.3, 0.4) is 0 Å². The van der Waals surface area contributed by atoms with Crippen LogP contribution in [0.15, 0.2) is 48.5 Å². The highest BCUT2D eigenvalue weighted by molar-refractivity contribution is 5.82. The van der Waals surface area contributed by atoms with Crippen molar-refractivity contribution in [3.8, 4) is 11.5 Å². The van der Waals surface area contributed by atoms with Crippen LogP contribution in [0.4, 0.5) is 0 Å². The second-order valence-corrected chi connectivity index (χ2v) is 6.76. The Bertz CT molecular complexity index is 902. The number of nitrogens with zero attached hydrogens (tertiary/aromatic N) is 2. The van der Waals surface area contributed by atoms with Crippen LogP contribution in [0.2, 0.25) is 0 Å². The topological polar surface area (TPSA) is 67.5 Å². The molecule has 1 aromatic heterocycles. The smallest absolute Gasteiger partial charge is 0.263 e. The Balaban J connectivity index is 1.49. The van der Waals surface area contributed by atoms with Crippen molar-refractivity contribution < 1.29 is 14.3 Å². The summed E-state index contributed by atoms with van der Waals surface area (Å²) in [4.78, 5) is 22.9. The lowest BCUT2D eigenvalue weighted by Gasteiger charge is -2.26. The molecular weight excluding hydrogens is 342 g/mol. The Hall–Kier alpha value is -3.02. The number of H-pyrrole nitrogens is 1. The van der Waals surface area contributed by atoms with Gasteiger partial charge in [-0.15, -0.1) is 0 Å². The normalized spacial score (nSPS) is 17.9. The lowest BCUT2D eigenvalue weighted by molar-refractivity contribution is -0.139. The maximum Gasteiger partial charge on any atom is 0.263 e. The first kappa shape index (κ1) is 17.4. The summed E-state index contributed by atoms with van der Waals surface area (Å²) in [5.74, 6) is 2.23. The summed E-state index contributed by atoms with van der Waals surface area (Å²) >= 11 is 0. The zero-order valence-corrected chi connectivity index (χ0v) is 15.5. The average molecular weight is 365 g/mol. The number of carbonyl (C=O) groups is 1. The van der Waals surface area contributed by atoms with E-state index in [-0.39, 0.29) is 11.9 Å². The summed E-state index contributed by atoms with van der Waals surface area (Å²) in [7, 11) is 1.62. The molecule has 2 unspecified atom stereocenters. The molecule has 6 heteroatoms. The van der Waals surface area contributed by atoms with Gasteiger partial charge in [0.2, 0.25) is 0 Å². The number of benzene rings is 2. The summed E-state index contributed by atoms with van der Waals surface area (Å²) < 4.78 is 11.0. The quantitative estimate of drug-likeness (QED) is 0.749. The summed E-state index contributed by atoms with van der Waals surface area (Å²) in [6.07, 6.45) is 1.30. The van der Waals surface area contributed by atoms with E-state index in [2.05, 4.69) is 9.97 Å². The first-order valence-corrected chi connectivity index (χ1v) is 9.21. The number of para-hydroxylation sites is 2. The number of hydrogen-bond acceptors (Lipinski definition) is 4. The van der Waals surface area contributed by atoms with Crippen molar-refractivity contribution in [2.45, 2.75) is 31.9 Å². The molecule has 1 amide bonds. The van der Waals surface area contributed by atoms with Gasteiger partial charge in [-0.2, -0.15) is 0 Å². The van der Waals surface area contributed by atoms with Crippen molar-refractivity contribution in [3.05, 3.63) is 54.4 Å². The number of fused-ring (bicyclic) bond motifs is 1. The molecule has 0 saturated carbocycles. The van der Waals surface area contributed by atoms with Crippen LogP contribution in [0, 0.1) is 0 Å². The minimum Gasteiger partial charge on any atom is -0.497 e. The van der Waals surface area contributed by atoms with Crippen molar-refractivity contribution in [1.29, 1.82) is 0 Å². The van der Waals surface area contributed by atoms with E-state index < -0.39 is 6.10 Å². The minimum atomic E-state index is -0.566. The fourth-order valence-electron chi connectivity index (χ4n) is 3.59. The van der Waals surface area contributed by atoms with Gasteiger partial charge < -0.3 is 19.4 Å². The Labute approximate surface area is 158 Å². The van der Waals surface area contributed by atoms with Gasteiger partial charge in [-0.1, -0.05) is 12.1 Å². The Kier molecular flexibility index (Phi) is 4.71. The highest BCUT2D eigenvalue weighted by Crippen LogP contribution is 2.32. The van der Waals surface area contributed by atoms with E-state index in [9.17, 15) is 4.79 Å². The zero-order chi connectivity index (χ0) is 18.8. The molecule has 0 radical (unpaired) electrons. The largest absolute Gasteiger partial charge is 0.497 e. The second kappa shape index (κ2) is 7.31. The molecule has 1 N–H and O–H groups in total. The van der Waals surface area contributed by atoms with Crippen LogP contribution < -0.4 is 9.47 Å². The van der Waals surface area contributed by atoms with Crippen LogP contribution in [-0.2, 0) is 4.79 Å². The molecule has 0 bridgehead atoms. The number of nitrogens with one attached hydrogen (secondary N) is 1. The molecular formula is C21H23N3O3. The molecule has 1 saturated heterocycles. The van der Waals surface area contributed by atoms with E-state index in [0.29, 0.717) is 5.75 Å². The van der Waals surface area contributed by atoms with Crippen molar-refractivity contribution >= 4 is 16.9 Å². The maximum atomic E-state index is 13.0. The van der Waals surface area contributed by atoms with E-state index in [0.717, 1.165) is 42.0 Å². The highest BCUT2D eigenvalue weighted by atomic mass is 16.5. The number of ether oxygens (including phenoxy) is 2. The van der Waals surface area contributed by atoms with Gasteiger partial charge >= 0.3 is 0 Å². The van der Waals surface area contributed by atoms with Gasteiger partial charge in [-0.25, -0.2) is 4.98 Å². The molecule has 0 spiro atoms. The fourth-order valence-corrected chi connectivity index (χ4v) is 3.59. The Morgan fingerprint density at radius 1 is 1.19 bits per heavy atom. The molecule has 1 aliphatic rings. The van der Waals surface area contributed by atoms with Crippen molar-refractivity contribution in [2.75, 3.05) is 13.7 Å². The zero-order valence-electron chi connectivity index (χ0n) is 15.5. The van der Waals surface area contributed by atoms with E-state index in [4.69, 9.17) is 9.47 Å². The van der Waals surface area contributed by atoms with Crippen LogP contribution >= 0.6 is 0 Å². The molecule has 4 rings (SSSR count). The average Bonchev–Trinajstić information content (AvgIpc) is 3.34. The molecule has 2 heterocycles. The number of hydrogen-bond donors (Lipinski definition) is 1. The SMILES string of the molecule is COc1ccc(OC(C)C(=O)N2CCCC2c2nc3ccccc3[nH]2)cc1. The number of imidazole rings is 1. The third-order valence-corrected chi connectivity index (χ3v) is 4.98. The fraction of sp³-hybridized carbons (Fsp3) is 0.333. The summed E-state index contributed by atoms with van der Waals surface area (Å²) in [5.41, 5.74) is 1.92. The maximum absolute atomic E-state index is 13.0. The van der Waals surface area contributed by atoms with Crippen molar-refractivity contribution in [3.63, 3.8) is 0 Å². The van der Waals surface area contributed by atoms with Crippen LogP contribution in [0.5, 0.6) is 11.5 Å². The molecule has 1 aliphatic heterocycles. The van der Waals surface area contributed by atoms with Gasteiger partial charge in [0.15, 0.2) is 6.10 Å². The summed E-state index contributed by atoms with van der Waals surface area (Å²) in [5, 5.41) is 0. The minimum absolute atomic E-state index is 0.0197. The van der Waals surface area contributed by atoms with E-state index in [1.807, 2.05) is 53.4 Å². The summed E-state index contributed by atoms with van der Waals surface area (Å²) in [6, 6.07) is 15.1. The molecule has 6 nitrogen and oxygen atoms in total. The number of carbonyl (C=O) groups excluding carboxylic acids is 1. The van der Waals surface area contributed by atoms with Gasteiger partial charge in [-0.3, -0.25) is 4.79 Å². The molecule has 2 aromatic carbocycles. The van der Waals surface area contributed by atoms with Crippen molar-refractivity contribution in [2.24, 2.45) is 0 Å². The van der Waals surface area contributed by atoms with E-state index in [1.54, 1.807) is 14.0 Å². The number of aromatic nitrogens is 2. The van der Waals surface area contributed by atoms with E-state index >= 15 is 0 Å². The number of methoxy groups -OCH3 is 1. The predicted molar refractivity (Wildman–Crippen MR) is 103 cm³/mol. The standard InChI is InChI=1S/C21H23N3O3/c1-14(27-16-11-9-15(26-2)10-12-16)21(25)24-13-5-8-19(24)20-22-17-6-3-4-7-18(17)23-20/h3-4,6-7,9-12,14,19H,5,8,13H2,1-2H3,(H,22,23). The highest BCUT2D eigenvalue weighted by Gasteiger charge is 2.35. The van der Waals surface area contributed by atoms with Crippen LogP contribution in [-0.4, -0.2) is 40.5 Å². The molecule has 27 heavy (non-hydrogen) atoms. The number of aromatic amines is 1. The van der Waals surface area contributed by atoms with Gasteiger partial charge in [0.1, 0.15) is 17.3 Å². The molecule has 1 fully saturated rings. The molecule has 0 aliphatic carbocycles. The van der Waals surface area contributed by atoms with Crippen LogP contribution in [0.25, 0.3) is 11.0 Å². The molecule has 2 atom stereocenters. The Morgan fingerprint density at radius 3 is 2.67 bits per heavy atom. The number of rotatable bonds is 5. The third kappa shape index (κ3) is 3.47. The Morgan fingerprint density at radius 2 is 1.93 bits per heavy atom. The van der Waals surface area contributed by atoms with Gasteiger partial charge in [-0.05, 0) is 56.2 Å². The third-order valence-electron chi connectivity index (χ3n) is 4.98. The number of amides is 1. The lowest BCUT2D eigenvalue weighted by Crippen LogP contribution is -2.40. The summed E-state index contributed by atoms with van der Waals surface area (Å²) in [6.45, 7) is 2.51. The van der Waals surface area contributed by atoms with Gasteiger partial charge in [0, 0.05) is 6.54 Å². The monoisotopic (exact) mass is 365 g/mol. The van der Waals surface area contributed by atoms with Crippen LogP contribution in [0.1, 0.15) is 31.6 Å². The second-order valence-electron chi connectivity index (χ2n) is 6.76. The van der Waals surface area contributed by atoms with Gasteiger partial charge in [0.25, 0.3) is 5.91 Å². The van der Waals surface area contributed by atoms with Gasteiger partial charge in [0.05, 0.1) is 24.2 Å².